The molecule has 0 aromatic heterocycles. The lowest BCUT2D eigenvalue weighted by Crippen LogP contribution is -2.32. The Morgan fingerprint density at radius 2 is 1.84 bits per heavy atom. The molecule has 2 aromatic carbocycles. The first-order valence-corrected chi connectivity index (χ1v) is 10.4. The Labute approximate surface area is 149 Å². The first kappa shape index (κ1) is 16.6. The van der Waals surface area contributed by atoms with Gasteiger partial charge in [0.15, 0.2) is 0 Å². The fraction of sp³-hybridized carbons (Fsp3) is 0.400. The summed E-state index contributed by atoms with van der Waals surface area (Å²) in [4.78, 5) is 3.09. The van der Waals surface area contributed by atoms with E-state index in [9.17, 15) is 8.42 Å². The normalized spacial score (nSPS) is 26.0. The lowest BCUT2D eigenvalue weighted by atomic mass is 9.84. The molecule has 2 unspecified atom stereocenters. The van der Waals surface area contributed by atoms with E-state index in [2.05, 4.69) is 24.2 Å². The number of fused-ring (bicyclic) bond motifs is 3. The molecule has 1 saturated heterocycles. The van der Waals surface area contributed by atoms with E-state index in [0.717, 1.165) is 19.5 Å². The second-order valence-electron chi connectivity index (χ2n) is 7.21. The largest absolute Gasteiger partial charge is 0.371 e. The molecule has 0 spiro atoms. The molecule has 5 heteroatoms. The smallest absolute Gasteiger partial charge is 0.206 e. The average Bonchev–Trinajstić information content (AvgIpc) is 2.77. The van der Waals surface area contributed by atoms with Crippen molar-refractivity contribution in [1.29, 1.82) is 0 Å². The number of likely N-dealkylation sites (N-methyl/N-ethyl adjacent to an activating group) is 1. The van der Waals surface area contributed by atoms with Crippen LogP contribution in [0.1, 0.15) is 24.8 Å². The van der Waals surface area contributed by atoms with Gasteiger partial charge in [0.2, 0.25) is 9.84 Å². The fourth-order valence-electron chi connectivity index (χ4n) is 4.42. The summed E-state index contributed by atoms with van der Waals surface area (Å²) in [5, 5.41) is 3.50. The Morgan fingerprint density at radius 1 is 1.08 bits per heavy atom. The second kappa shape index (κ2) is 6.15. The molecule has 4 nitrogen and oxygen atoms in total. The number of benzene rings is 2. The Kier molecular flexibility index (Phi) is 4.08. The Bertz CT molecular complexity index is 880. The molecule has 25 heavy (non-hydrogen) atoms. The molecule has 0 radical (unpaired) electrons. The van der Waals surface area contributed by atoms with Crippen LogP contribution in [0.5, 0.6) is 0 Å². The van der Waals surface area contributed by atoms with Gasteiger partial charge in [-0.3, -0.25) is 0 Å². The Hall–Kier alpha value is -1.85. The zero-order valence-electron chi connectivity index (χ0n) is 14.6. The summed E-state index contributed by atoms with van der Waals surface area (Å²) in [7, 11) is -1.34. The summed E-state index contributed by atoms with van der Waals surface area (Å²) < 4.78 is 26.0. The van der Waals surface area contributed by atoms with Gasteiger partial charge in [-0.25, -0.2) is 8.42 Å². The Balaban J connectivity index is 1.81. The van der Waals surface area contributed by atoms with E-state index in [1.807, 2.05) is 18.2 Å². The van der Waals surface area contributed by atoms with Crippen LogP contribution in [-0.4, -0.2) is 34.6 Å². The lowest BCUT2D eigenvalue weighted by molar-refractivity contribution is 0.424. The summed E-state index contributed by atoms with van der Waals surface area (Å²) >= 11 is 0. The van der Waals surface area contributed by atoms with E-state index in [1.54, 1.807) is 30.3 Å². The molecule has 2 aromatic rings. The van der Waals surface area contributed by atoms with Gasteiger partial charge in [-0.2, -0.15) is 0 Å². The molecule has 0 amide bonds. The molecule has 132 valence electrons. The van der Waals surface area contributed by atoms with Gasteiger partial charge in [0.05, 0.1) is 9.79 Å². The van der Waals surface area contributed by atoms with E-state index >= 15 is 0 Å². The number of hydrogen-bond acceptors (Lipinski definition) is 4. The molecule has 2 heterocycles. The van der Waals surface area contributed by atoms with Crippen molar-refractivity contribution in [3.8, 4) is 0 Å². The highest BCUT2D eigenvalue weighted by atomic mass is 32.2. The summed E-state index contributed by atoms with van der Waals surface area (Å²) in [6.07, 6.45) is 1.08. The van der Waals surface area contributed by atoms with Crippen LogP contribution >= 0.6 is 0 Å². The summed E-state index contributed by atoms with van der Waals surface area (Å²) in [6.45, 7) is 4.25. The number of sulfone groups is 1. The maximum Gasteiger partial charge on any atom is 0.206 e. The number of rotatable bonds is 2. The van der Waals surface area contributed by atoms with Gasteiger partial charge < -0.3 is 10.2 Å². The minimum atomic E-state index is -3.48. The van der Waals surface area contributed by atoms with Gasteiger partial charge in [0, 0.05) is 24.7 Å². The summed E-state index contributed by atoms with van der Waals surface area (Å²) in [6, 6.07) is 14.8. The van der Waals surface area contributed by atoms with E-state index in [-0.39, 0.29) is 0 Å². The average molecular weight is 356 g/mol. The molecule has 2 aliphatic rings. The highest BCUT2D eigenvalue weighted by Crippen LogP contribution is 2.46. The quantitative estimate of drug-likeness (QED) is 0.898. The third-order valence-corrected chi connectivity index (χ3v) is 7.48. The van der Waals surface area contributed by atoms with Gasteiger partial charge in [0.25, 0.3) is 0 Å². The minimum Gasteiger partial charge on any atom is -0.371 e. The van der Waals surface area contributed by atoms with Gasteiger partial charge >= 0.3 is 0 Å². The number of nitrogens with zero attached hydrogens (tertiary/aromatic N) is 1. The first-order valence-electron chi connectivity index (χ1n) is 8.88. The third kappa shape index (κ3) is 2.66. The van der Waals surface area contributed by atoms with Crippen molar-refractivity contribution >= 4 is 15.5 Å². The van der Waals surface area contributed by atoms with Crippen molar-refractivity contribution in [3.63, 3.8) is 0 Å². The number of hydrogen-bond donors (Lipinski definition) is 1. The topological polar surface area (TPSA) is 49.4 Å². The number of nitrogens with one attached hydrogen (secondary N) is 1. The molecule has 3 atom stereocenters. The molecule has 0 aliphatic carbocycles. The van der Waals surface area contributed by atoms with Crippen LogP contribution in [0.15, 0.2) is 58.3 Å². The molecular formula is C20H24N2O2S. The van der Waals surface area contributed by atoms with Crippen LogP contribution in [0.4, 0.5) is 5.69 Å². The third-order valence-electron chi connectivity index (χ3n) is 5.71. The molecule has 0 bridgehead atoms. The maximum atomic E-state index is 13.0. The van der Waals surface area contributed by atoms with Crippen molar-refractivity contribution in [2.45, 2.75) is 35.1 Å². The van der Waals surface area contributed by atoms with Crippen molar-refractivity contribution < 1.29 is 8.42 Å². The van der Waals surface area contributed by atoms with Crippen LogP contribution in [0.3, 0.4) is 0 Å². The van der Waals surface area contributed by atoms with Gasteiger partial charge in [-0.05, 0) is 61.3 Å². The van der Waals surface area contributed by atoms with E-state index < -0.39 is 9.84 Å². The minimum absolute atomic E-state index is 0.355. The zero-order valence-corrected chi connectivity index (χ0v) is 15.5. The van der Waals surface area contributed by atoms with E-state index in [4.69, 9.17) is 0 Å². The van der Waals surface area contributed by atoms with Crippen molar-refractivity contribution in [2.75, 3.05) is 25.0 Å². The van der Waals surface area contributed by atoms with Gasteiger partial charge in [-0.15, -0.1) is 0 Å². The second-order valence-corrected chi connectivity index (χ2v) is 9.16. The van der Waals surface area contributed by atoms with Crippen LogP contribution in [0, 0.1) is 5.92 Å². The number of anilines is 1. The van der Waals surface area contributed by atoms with Crippen LogP contribution in [0.2, 0.25) is 0 Å². The SMILES string of the molecule is CC1CNCCC2[C@@H]1c1cc(S(=O)(=O)c3ccccc3)ccc1N2C. The van der Waals surface area contributed by atoms with E-state index in [1.165, 1.54) is 11.3 Å². The zero-order chi connectivity index (χ0) is 17.6. The van der Waals surface area contributed by atoms with Crippen molar-refractivity contribution in [2.24, 2.45) is 5.92 Å². The molecule has 2 aliphatic heterocycles. The molecule has 4 rings (SSSR count). The summed E-state index contributed by atoms with van der Waals surface area (Å²) in [5.41, 5.74) is 2.36. The highest BCUT2D eigenvalue weighted by molar-refractivity contribution is 7.91. The molecule has 1 fully saturated rings. The van der Waals surface area contributed by atoms with Crippen LogP contribution < -0.4 is 10.2 Å². The Morgan fingerprint density at radius 3 is 2.60 bits per heavy atom. The fourth-order valence-corrected chi connectivity index (χ4v) is 5.73. The molecule has 0 saturated carbocycles. The van der Waals surface area contributed by atoms with Crippen LogP contribution in [0.25, 0.3) is 0 Å². The molecular weight excluding hydrogens is 332 g/mol. The molecule has 1 N–H and O–H groups in total. The maximum absolute atomic E-state index is 13.0. The van der Waals surface area contributed by atoms with Crippen molar-refractivity contribution in [3.05, 3.63) is 54.1 Å². The van der Waals surface area contributed by atoms with Gasteiger partial charge in [-0.1, -0.05) is 25.1 Å². The standard InChI is InChI=1S/C20H24N2O2S/c1-14-13-21-11-10-19-20(14)17-12-16(8-9-18(17)22(19)2)25(23,24)15-6-4-3-5-7-15/h3-9,12,14,19-21H,10-11,13H2,1-2H3/t14?,19?,20-/m0/s1. The van der Waals surface area contributed by atoms with Crippen molar-refractivity contribution in [1.82, 2.24) is 5.32 Å². The predicted molar refractivity (Wildman–Crippen MR) is 99.9 cm³/mol. The first-order chi connectivity index (χ1) is 12.0. The predicted octanol–water partition coefficient (Wildman–Crippen LogP) is 3.05. The van der Waals surface area contributed by atoms with Crippen LogP contribution in [-0.2, 0) is 9.84 Å². The monoisotopic (exact) mass is 356 g/mol. The van der Waals surface area contributed by atoms with Gasteiger partial charge in [0.1, 0.15) is 0 Å². The highest BCUT2D eigenvalue weighted by Gasteiger charge is 2.41. The lowest BCUT2D eigenvalue weighted by Gasteiger charge is -2.27. The summed E-state index contributed by atoms with van der Waals surface area (Å²) in [5.74, 6) is 0.854. The van der Waals surface area contributed by atoms with E-state index in [0.29, 0.717) is 27.7 Å².